The van der Waals surface area contributed by atoms with Crippen molar-refractivity contribution in [1.82, 2.24) is 9.62 Å². The van der Waals surface area contributed by atoms with Gasteiger partial charge in [0.1, 0.15) is 0 Å². The summed E-state index contributed by atoms with van der Waals surface area (Å²) in [6, 6.07) is 5.20. The molecule has 1 aliphatic heterocycles. The number of carbonyl (C=O) groups excluding carboxylic acids is 1. The van der Waals surface area contributed by atoms with E-state index in [1.54, 1.807) is 18.2 Å². The number of benzene rings is 1. The van der Waals surface area contributed by atoms with E-state index in [0.29, 0.717) is 24.6 Å². The maximum atomic E-state index is 13.2. The van der Waals surface area contributed by atoms with Gasteiger partial charge < -0.3 is 9.64 Å². The number of carbonyl (C=O) groups is 1. The van der Waals surface area contributed by atoms with Gasteiger partial charge in [-0.15, -0.1) is 0 Å². The number of sulfonamides is 1. The first-order chi connectivity index (χ1) is 12.4. The molecular weight excluding hydrogens is 352 g/mol. The van der Waals surface area contributed by atoms with E-state index >= 15 is 0 Å². The van der Waals surface area contributed by atoms with Gasteiger partial charge >= 0.3 is 0 Å². The van der Waals surface area contributed by atoms with E-state index in [9.17, 15) is 13.2 Å². The lowest BCUT2D eigenvalue weighted by molar-refractivity contribution is 0.0705. The third kappa shape index (κ3) is 3.94. The quantitative estimate of drug-likeness (QED) is 0.788. The topological polar surface area (TPSA) is 75.7 Å². The molecule has 0 bridgehead atoms. The molecule has 1 aromatic carbocycles. The van der Waals surface area contributed by atoms with Crippen molar-refractivity contribution in [3.05, 3.63) is 29.3 Å². The fourth-order valence-electron chi connectivity index (χ4n) is 3.43. The van der Waals surface area contributed by atoms with Crippen LogP contribution in [0, 0.1) is 12.8 Å². The molecule has 1 atom stereocenters. The van der Waals surface area contributed by atoms with Crippen LogP contribution in [0.1, 0.15) is 48.0 Å². The minimum Gasteiger partial charge on any atom is -0.381 e. The molecule has 6 nitrogen and oxygen atoms in total. The predicted molar refractivity (Wildman–Crippen MR) is 97.5 cm³/mol. The Morgan fingerprint density at radius 2 is 2.00 bits per heavy atom. The Balaban J connectivity index is 1.58. The van der Waals surface area contributed by atoms with Crippen LogP contribution in [0.15, 0.2) is 23.1 Å². The summed E-state index contributed by atoms with van der Waals surface area (Å²) in [5, 5.41) is 0. The number of ether oxygens (including phenoxy) is 1. The molecular formula is C19H26N2O4S. The maximum Gasteiger partial charge on any atom is 0.254 e. The molecule has 0 aromatic heterocycles. The Kier molecular flexibility index (Phi) is 4.79. The number of amides is 1. The molecule has 1 aromatic rings. The Hall–Kier alpha value is -1.44. The van der Waals surface area contributed by atoms with Gasteiger partial charge in [0, 0.05) is 36.7 Å². The number of hydrogen-bond acceptors (Lipinski definition) is 4. The number of nitrogens with one attached hydrogen (secondary N) is 1. The fourth-order valence-corrected chi connectivity index (χ4v) is 4.76. The molecule has 0 radical (unpaired) electrons. The molecule has 1 heterocycles. The first-order valence-electron chi connectivity index (χ1n) is 9.46. The van der Waals surface area contributed by atoms with Gasteiger partial charge in [-0.3, -0.25) is 4.79 Å². The third-order valence-corrected chi connectivity index (χ3v) is 6.89. The highest BCUT2D eigenvalue weighted by molar-refractivity contribution is 7.89. The molecule has 1 saturated heterocycles. The van der Waals surface area contributed by atoms with Crippen LogP contribution in [0.4, 0.5) is 0 Å². The highest BCUT2D eigenvalue weighted by atomic mass is 32.2. The van der Waals surface area contributed by atoms with Crippen molar-refractivity contribution in [1.29, 1.82) is 0 Å². The van der Waals surface area contributed by atoms with Crippen LogP contribution in [0.3, 0.4) is 0 Å². The van der Waals surface area contributed by atoms with E-state index in [-0.39, 0.29) is 22.9 Å². The van der Waals surface area contributed by atoms with Gasteiger partial charge in [-0.25, -0.2) is 13.1 Å². The van der Waals surface area contributed by atoms with Crippen molar-refractivity contribution in [3.8, 4) is 0 Å². The number of hydrogen-bond donors (Lipinski definition) is 1. The van der Waals surface area contributed by atoms with E-state index in [1.165, 1.54) is 0 Å². The molecule has 1 unspecified atom stereocenters. The largest absolute Gasteiger partial charge is 0.381 e. The van der Waals surface area contributed by atoms with Crippen LogP contribution in [0.2, 0.25) is 0 Å². The van der Waals surface area contributed by atoms with E-state index < -0.39 is 10.0 Å². The van der Waals surface area contributed by atoms with Crippen LogP contribution in [-0.4, -0.2) is 51.1 Å². The second-order valence-corrected chi connectivity index (χ2v) is 9.50. The normalized spacial score (nSPS) is 23.2. The van der Waals surface area contributed by atoms with Gasteiger partial charge in [-0.05, 0) is 56.7 Å². The van der Waals surface area contributed by atoms with Crippen molar-refractivity contribution < 1.29 is 17.9 Å². The molecule has 7 heteroatoms. The van der Waals surface area contributed by atoms with Crippen molar-refractivity contribution in [2.45, 2.75) is 56.0 Å². The van der Waals surface area contributed by atoms with Crippen LogP contribution in [-0.2, 0) is 14.8 Å². The van der Waals surface area contributed by atoms with Gasteiger partial charge in [-0.2, -0.15) is 0 Å². The van der Waals surface area contributed by atoms with Crippen LogP contribution < -0.4 is 4.72 Å². The molecule has 1 amide bonds. The van der Waals surface area contributed by atoms with E-state index in [2.05, 4.69) is 4.72 Å². The van der Waals surface area contributed by atoms with Crippen LogP contribution in [0.5, 0.6) is 0 Å². The number of aryl methyl sites for hydroxylation is 1. The summed E-state index contributed by atoms with van der Waals surface area (Å²) in [4.78, 5) is 15.3. The molecule has 1 N–H and O–H groups in total. The average molecular weight is 378 g/mol. The Morgan fingerprint density at radius 1 is 1.23 bits per heavy atom. The Morgan fingerprint density at radius 3 is 2.62 bits per heavy atom. The van der Waals surface area contributed by atoms with Gasteiger partial charge in [0.05, 0.1) is 11.5 Å². The summed E-state index contributed by atoms with van der Waals surface area (Å²) in [5.41, 5.74) is 1.31. The monoisotopic (exact) mass is 378 g/mol. The van der Waals surface area contributed by atoms with Gasteiger partial charge in [-0.1, -0.05) is 6.07 Å². The molecule has 142 valence electrons. The van der Waals surface area contributed by atoms with Crippen molar-refractivity contribution in [2.24, 2.45) is 5.92 Å². The zero-order chi connectivity index (χ0) is 18.3. The fraction of sp³-hybridized carbons (Fsp3) is 0.632. The minimum absolute atomic E-state index is 0.0470. The molecule has 2 saturated carbocycles. The second kappa shape index (κ2) is 6.94. The SMILES string of the molecule is Cc1ccc(S(=O)(=O)NC2CC2)cc1C(=O)N(CC1CCOC1)C1CC1. The molecule has 26 heavy (non-hydrogen) atoms. The lowest BCUT2D eigenvalue weighted by atomic mass is 10.0. The first kappa shape index (κ1) is 17.9. The maximum absolute atomic E-state index is 13.2. The van der Waals surface area contributed by atoms with Gasteiger partial charge in [0.2, 0.25) is 10.0 Å². The summed E-state index contributed by atoms with van der Waals surface area (Å²) in [6.07, 6.45) is 4.81. The van der Waals surface area contributed by atoms with E-state index in [1.807, 2.05) is 11.8 Å². The Bertz CT molecular complexity index is 794. The molecule has 2 aliphatic carbocycles. The minimum atomic E-state index is -3.56. The number of rotatable bonds is 7. The zero-order valence-electron chi connectivity index (χ0n) is 15.1. The Labute approximate surface area is 155 Å². The lowest BCUT2D eigenvalue weighted by Gasteiger charge is -2.26. The summed E-state index contributed by atoms with van der Waals surface area (Å²) < 4.78 is 33.2. The van der Waals surface area contributed by atoms with Gasteiger partial charge in [0.25, 0.3) is 5.91 Å². The highest BCUT2D eigenvalue weighted by Gasteiger charge is 2.36. The third-order valence-electron chi connectivity index (χ3n) is 5.38. The summed E-state index contributed by atoms with van der Waals surface area (Å²) in [6.45, 7) is 4.02. The standard InChI is InChI=1S/C19H26N2O4S/c1-13-2-7-17(26(23,24)20-15-3-4-15)10-18(13)19(22)21(16-5-6-16)11-14-8-9-25-12-14/h2,7,10,14-16,20H,3-6,8-9,11-12H2,1H3. The summed E-state index contributed by atoms with van der Waals surface area (Å²) in [7, 11) is -3.56. The smallest absolute Gasteiger partial charge is 0.254 e. The lowest BCUT2D eigenvalue weighted by Crippen LogP contribution is -2.38. The first-order valence-corrected chi connectivity index (χ1v) is 10.9. The molecule has 3 aliphatic rings. The van der Waals surface area contributed by atoms with Gasteiger partial charge in [0.15, 0.2) is 0 Å². The van der Waals surface area contributed by atoms with Crippen LogP contribution in [0.25, 0.3) is 0 Å². The number of nitrogens with zero attached hydrogens (tertiary/aromatic N) is 1. The summed E-state index contributed by atoms with van der Waals surface area (Å²) in [5.74, 6) is 0.323. The summed E-state index contributed by atoms with van der Waals surface area (Å²) >= 11 is 0. The zero-order valence-corrected chi connectivity index (χ0v) is 15.9. The van der Waals surface area contributed by atoms with E-state index in [4.69, 9.17) is 4.74 Å². The van der Waals surface area contributed by atoms with Crippen molar-refractivity contribution >= 4 is 15.9 Å². The molecule has 4 rings (SSSR count). The highest BCUT2D eigenvalue weighted by Crippen LogP contribution is 2.31. The average Bonchev–Trinajstić information content (AvgIpc) is 3.53. The van der Waals surface area contributed by atoms with Crippen LogP contribution >= 0.6 is 0 Å². The van der Waals surface area contributed by atoms with E-state index in [0.717, 1.165) is 44.3 Å². The second-order valence-electron chi connectivity index (χ2n) is 7.79. The predicted octanol–water partition coefficient (Wildman–Crippen LogP) is 2.08. The molecule has 3 fully saturated rings. The van der Waals surface area contributed by atoms with Crippen molar-refractivity contribution in [3.63, 3.8) is 0 Å². The molecule has 0 spiro atoms. The van der Waals surface area contributed by atoms with Crippen molar-refractivity contribution in [2.75, 3.05) is 19.8 Å².